The van der Waals surface area contributed by atoms with Crippen LogP contribution in [-0.2, 0) is 9.59 Å². The molecule has 272 valence electrons. The van der Waals surface area contributed by atoms with Gasteiger partial charge in [-0.2, -0.15) is 0 Å². The lowest BCUT2D eigenvalue weighted by molar-refractivity contribution is -0.312. The van der Waals surface area contributed by atoms with Gasteiger partial charge in [-0.1, -0.05) is 114 Å². The molecular weight excluding hydrogens is 594 g/mol. The van der Waals surface area contributed by atoms with Crippen molar-refractivity contribution in [3.63, 3.8) is 0 Å². The van der Waals surface area contributed by atoms with Gasteiger partial charge in [-0.3, -0.25) is 0 Å². The molecular formula is C39H82O4P2. The molecule has 0 aliphatic heterocycles. The van der Waals surface area contributed by atoms with Crippen molar-refractivity contribution in [2.75, 3.05) is 49.3 Å². The molecule has 0 radical (unpaired) electrons. The van der Waals surface area contributed by atoms with Crippen molar-refractivity contribution in [1.29, 1.82) is 0 Å². The zero-order valence-electron chi connectivity index (χ0n) is 32.2. The minimum absolute atomic E-state index is 0.0857. The maximum absolute atomic E-state index is 10.1. The largest absolute Gasteiger partial charge is 0.550 e. The van der Waals surface area contributed by atoms with Crippen molar-refractivity contribution in [3.05, 3.63) is 0 Å². The highest BCUT2D eigenvalue weighted by Crippen LogP contribution is 2.62. The van der Waals surface area contributed by atoms with Gasteiger partial charge in [0.15, 0.2) is 0 Å². The summed E-state index contributed by atoms with van der Waals surface area (Å²) in [4.78, 5) is 20.0. The van der Waals surface area contributed by atoms with Gasteiger partial charge in [0.05, 0.1) is 49.3 Å². The molecule has 0 heterocycles. The molecule has 0 aliphatic rings. The number of carbonyl (C=O) groups is 2. The van der Waals surface area contributed by atoms with Crippen molar-refractivity contribution in [2.24, 2.45) is 5.92 Å². The Morgan fingerprint density at radius 3 is 0.822 bits per heavy atom. The van der Waals surface area contributed by atoms with Crippen LogP contribution in [0.5, 0.6) is 0 Å². The molecule has 1 unspecified atom stereocenters. The predicted molar refractivity (Wildman–Crippen MR) is 205 cm³/mol. The Bertz CT molecular complexity index is 530. The van der Waals surface area contributed by atoms with E-state index in [1.807, 2.05) is 0 Å². The van der Waals surface area contributed by atoms with Crippen LogP contribution in [0.4, 0.5) is 0 Å². The van der Waals surface area contributed by atoms with Crippen molar-refractivity contribution in [2.45, 2.75) is 184 Å². The van der Waals surface area contributed by atoms with Gasteiger partial charge in [-0.05, 0) is 76.5 Å². The van der Waals surface area contributed by atoms with E-state index in [1.54, 1.807) is 49.3 Å². The van der Waals surface area contributed by atoms with E-state index in [1.165, 1.54) is 110 Å². The Hall–Kier alpha value is -0.200. The maximum Gasteiger partial charge on any atom is 0.0594 e. The number of carboxylic acid groups (broad SMARTS) is 2. The van der Waals surface area contributed by atoms with Crippen LogP contribution in [0.1, 0.15) is 184 Å². The van der Waals surface area contributed by atoms with Crippen LogP contribution in [0.2, 0.25) is 0 Å². The second kappa shape index (κ2) is 35.1. The highest BCUT2D eigenvalue weighted by Gasteiger charge is 2.35. The minimum atomic E-state index is -1.14. The summed E-state index contributed by atoms with van der Waals surface area (Å²) >= 11 is 0. The van der Waals surface area contributed by atoms with Crippen molar-refractivity contribution in [1.82, 2.24) is 0 Å². The van der Waals surface area contributed by atoms with E-state index in [2.05, 4.69) is 55.4 Å². The molecule has 0 aromatic heterocycles. The van der Waals surface area contributed by atoms with Crippen LogP contribution >= 0.6 is 14.5 Å². The standard InChI is InChI=1S/2C16H36P.C7H12O4/c2*1-5-9-13-17(14-10-6-2,15-11-7-3)16-12-8-4;1-5(7(10)11)3-2-4-6(8)9/h2*5-16H2,1-4H3;5H,2-4H2,1H3,(H,8,9)(H,10,11)/q2*+1;/p-2. The van der Waals surface area contributed by atoms with Gasteiger partial charge in [0.25, 0.3) is 0 Å². The first-order chi connectivity index (χ1) is 21.5. The SMILES string of the molecule is CC(CCCC(=O)[O-])C(=O)[O-].CCCC[P+](CCCC)(CCCC)CCCC.CCCC[P+](CCCC)(CCCC)CCCC. The first kappa shape index (κ1) is 49.2. The molecule has 0 amide bonds. The van der Waals surface area contributed by atoms with E-state index in [0.717, 1.165) is 0 Å². The third-order valence-corrected chi connectivity index (χ3v) is 19.4. The van der Waals surface area contributed by atoms with Crippen molar-refractivity contribution >= 4 is 26.5 Å². The molecule has 0 saturated heterocycles. The second-order valence-electron chi connectivity index (χ2n) is 13.8. The molecule has 0 aromatic rings. The molecule has 0 bridgehead atoms. The molecule has 0 spiro atoms. The zero-order valence-corrected chi connectivity index (χ0v) is 34.0. The predicted octanol–water partition coefficient (Wildman–Crippen LogP) is 10.7. The minimum Gasteiger partial charge on any atom is -0.550 e. The summed E-state index contributed by atoms with van der Waals surface area (Å²) in [6, 6.07) is 0. The second-order valence-corrected chi connectivity index (χ2v) is 22.7. The summed E-state index contributed by atoms with van der Waals surface area (Å²) in [5.74, 6) is -2.85. The highest BCUT2D eigenvalue weighted by molar-refractivity contribution is 7.76. The number of unbranched alkanes of at least 4 members (excludes halogenated alkanes) is 8. The van der Waals surface area contributed by atoms with E-state index in [9.17, 15) is 19.8 Å². The summed E-state index contributed by atoms with van der Waals surface area (Å²) in [5, 5.41) is 20.0. The average molecular weight is 677 g/mol. The summed E-state index contributed by atoms with van der Waals surface area (Å²) < 4.78 is 0. The molecule has 1 atom stereocenters. The van der Waals surface area contributed by atoms with Gasteiger partial charge >= 0.3 is 0 Å². The molecule has 0 fully saturated rings. The average Bonchev–Trinajstić information content (AvgIpc) is 3.03. The lowest BCUT2D eigenvalue weighted by Crippen LogP contribution is -2.30. The number of hydrogen-bond acceptors (Lipinski definition) is 4. The fraction of sp³-hybridized carbons (Fsp3) is 0.949. The fourth-order valence-electron chi connectivity index (χ4n) is 5.96. The van der Waals surface area contributed by atoms with Gasteiger partial charge in [-0.15, -0.1) is 0 Å². The molecule has 45 heavy (non-hydrogen) atoms. The number of carbonyl (C=O) groups excluding carboxylic acids is 2. The van der Waals surface area contributed by atoms with E-state index in [0.29, 0.717) is 12.8 Å². The lowest BCUT2D eigenvalue weighted by atomic mass is 10.1. The maximum atomic E-state index is 10.1. The smallest absolute Gasteiger partial charge is 0.0594 e. The third-order valence-electron chi connectivity index (χ3n) is 9.31. The van der Waals surface area contributed by atoms with Crippen molar-refractivity contribution < 1.29 is 19.8 Å². The number of rotatable bonds is 29. The Morgan fingerprint density at radius 2 is 0.667 bits per heavy atom. The third kappa shape index (κ3) is 30.9. The molecule has 4 nitrogen and oxygen atoms in total. The molecule has 0 aromatic carbocycles. The Kier molecular flexibility index (Phi) is 38.4. The number of hydrogen-bond donors (Lipinski definition) is 0. The fourth-order valence-corrected chi connectivity index (χ4v) is 16.5. The van der Waals surface area contributed by atoms with E-state index >= 15 is 0 Å². The van der Waals surface area contributed by atoms with E-state index in [-0.39, 0.29) is 6.42 Å². The van der Waals surface area contributed by atoms with Crippen LogP contribution in [0.25, 0.3) is 0 Å². The lowest BCUT2D eigenvalue weighted by Gasteiger charge is -2.28. The van der Waals surface area contributed by atoms with Gasteiger partial charge < -0.3 is 19.8 Å². The number of aliphatic carboxylic acids is 2. The Labute approximate surface area is 285 Å². The van der Waals surface area contributed by atoms with Gasteiger partial charge in [-0.25, -0.2) is 0 Å². The van der Waals surface area contributed by atoms with Crippen LogP contribution in [0.15, 0.2) is 0 Å². The molecule has 6 heteroatoms. The Balaban J connectivity index is -0.000000604. The van der Waals surface area contributed by atoms with Crippen LogP contribution in [-0.4, -0.2) is 61.2 Å². The van der Waals surface area contributed by atoms with E-state index < -0.39 is 32.4 Å². The summed E-state index contributed by atoms with van der Waals surface area (Å²) in [7, 11) is -1.12. The van der Waals surface area contributed by atoms with Crippen LogP contribution in [0, 0.1) is 5.92 Å². The molecule has 0 aliphatic carbocycles. The summed E-state index contributed by atoms with van der Waals surface area (Å²) in [6.45, 7) is 20.3. The normalized spacial score (nSPS) is 12.1. The quantitative estimate of drug-likeness (QED) is 0.0739. The van der Waals surface area contributed by atoms with E-state index in [4.69, 9.17) is 0 Å². The summed E-state index contributed by atoms with van der Waals surface area (Å²) in [6.07, 6.45) is 36.5. The zero-order chi connectivity index (χ0) is 34.8. The first-order valence-electron chi connectivity index (χ1n) is 19.6. The Morgan fingerprint density at radius 1 is 0.444 bits per heavy atom. The van der Waals surface area contributed by atoms with Gasteiger partial charge in [0, 0.05) is 26.5 Å². The van der Waals surface area contributed by atoms with Gasteiger partial charge in [0.2, 0.25) is 0 Å². The topological polar surface area (TPSA) is 80.3 Å². The first-order valence-corrected chi connectivity index (χ1v) is 24.7. The molecule has 0 rings (SSSR count). The van der Waals surface area contributed by atoms with Crippen LogP contribution in [0.3, 0.4) is 0 Å². The molecule has 0 N–H and O–H groups in total. The van der Waals surface area contributed by atoms with Crippen LogP contribution < -0.4 is 10.2 Å². The van der Waals surface area contributed by atoms with Gasteiger partial charge in [0.1, 0.15) is 0 Å². The summed E-state index contributed by atoms with van der Waals surface area (Å²) in [5.41, 5.74) is 0. The number of carboxylic acids is 2. The van der Waals surface area contributed by atoms with Crippen molar-refractivity contribution in [3.8, 4) is 0 Å². The highest BCUT2D eigenvalue weighted by atomic mass is 31.2. The monoisotopic (exact) mass is 677 g/mol. The molecule has 0 saturated carbocycles.